The highest BCUT2D eigenvalue weighted by Gasteiger charge is 2.18. The zero-order chi connectivity index (χ0) is 15.8. The molecule has 0 saturated carbocycles. The number of aromatic nitrogens is 2. The van der Waals surface area contributed by atoms with Gasteiger partial charge in [0.05, 0.1) is 10.9 Å². The van der Waals surface area contributed by atoms with Gasteiger partial charge < -0.3 is 0 Å². The molecule has 2 aromatic heterocycles. The predicted octanol–water partition coefficient (Wildman–Crippen LogP) is 2.66. The fraction of sp³-hybridized carbons (Fsp3) is 0.294. The summed E-state index contributed by atoms with van der Waals surface area (Å²) in [5, 5.41) is 2.44. The third-order valence-electron chi connectivity index (χ3n) is 4.25. The molecule has 6 heteroatoms. The van der Waals surface area contributed by atoms with Crippen LogP contribution in [0, 0.1) is 5.82 Å². The van der Waals surface area contributed by atoms with Crippen LogP contribution >= 0.6 is 11.3 Å². The summed E-state index contributed by atoms with van der Waals surface area (Å²) in [6.45, 7) is 3.16. The lowest BCUT2D eigenvalue weighted by atomic mass is 10.2. The molecule has 1 aromatic carbocycles. The van der Waals surface area contributed by atoms with E-state index in [-0.39, 0.29) is 5.56 Å². The van der Waals surface area contributed by atoms with Crippen LogP contribution < -0.4 is 5.56 Å². The van der Waals surface area contributed by atoms with Crippen molar-refractivity contribution in [2.24, 2.45) is 0 Å². The minimum atomic E-state index is -0.398. The highest BCUT2D eigenvalue weighted by molar-refractivity contribution is 7.09. The molecule has 0 amide bonds. The van der Waals surface area contributed by atoms with E-state index < -0.39 is 5.82 Å². The monoisotopic (exact) mass is 329 g/mol. The molecule has 0 saturated heterocycles. The first-order valence-electron chi connectivity index (χ1n) is 7.64. The van der Waals surface area contributed by atoms with Crippen LogP contribution in [0.2, 0.25) is 0 Å². The van der Waals surface area contributed by atoms with E-state index in [1.165, 1.54) is 17.0 Å². The molecule has 0 N–H and O–H groups in total. The van der Waals surface area contributed by atoms with Crippen LogP contribution in [0.1, 0.15) is 10.7 Å². The number of benzene rings is 1. The van der Waals surface area contributed by atoms with Gasteiger partial charge in [0.1, 0.15) is 11.6 Å². The lowest BCUT2D eigenvalue weighted by Gasteiger charge is -2.18. The van der Waals surface area contributed by atoms with Crippen LogP contribution in [-0.4, -0.2) is 27.5 Å². The van der Waals surface area contributed by atoms with Crippen molar-refractivity contribution in [1.29, 1.82) is 0 Å². The van der Waals surface area contributed by atoms with Crippen LogP contribution in [0.3, 0.4) is 0 Å². The van der Waals surface area contributed by atoms with Crippen molar-refractivity contribution >= 4 is 22.2 Å². The van der Waals surface area contributed by atoms with E-state index in [4.69, 9.17) is 0 Å². The maximum atomic E-state index is 13.4. The van der Waals surface area contributed by atoms with Crippen molar-refractivity contribution in [1.82, 2.24) is 14.5 Å². The molecule has 0 radical (unpaired) electrons. The van der Waals surface area contributed by atoms with E-state index in [1.807, 2.05) is 0 Å². The number of hydrogen-bond donors (Lipinski definition) is 0. The fourth-order valence-electron chi connectivity index (χ4n) is 3.05. The summed E-state index contributed by atoms with van der Waals surface area (Å²) >= 11 is 1.75. The summed E-state index contributed by atoms with van der Waals surface area (Å²) in [6.07, 6.45) is 0.730. The quantitative estimate of drug-likeness (QED) is 0.725. The van der Waals surface area contributed by atoms with Gasteiger partial charge in [-0.1, -0.05) is 6.07 Å². The first-order valence-corrected chi connectivity index (χ1v) is 8.52. The van der Waals surface area contributed by atoms with E-state index in [1.54, 1.807) is 22.0 Å². The smallest absolute Gasteiger partial charge is 0.261 e. The molecule has 118 valence electrons. The number of fused-ring (bicyclic) bond motifs is 2. The van der Waals surface area contributed by atoms with Gasteiger partial charge in [-0.3, -0.25) is 14.3 Å². The summed E-state index contributed by atoms with van der Waals surface area (Å²) < 4.78 is 15.1. The molecule has 0 fully saturated rings. The summed E-state index contributed by atoms with van der Waals surface area (Å²) in [6, 6.07) is 8.41. The summed E-state index contributed by atoms with van der Waals surface area (Å²) in [4.78, 5) is 20.9. The Kier molecular flexibility index (Phi) is 3.71. The highest BCUT2D eigenvalue weighted by atomic mass is 32.1. The molecule has 0 atom stereocenters. The van der Waals surface area contributed by atoms with Gasteiger partial charge >= 0.3 is 0 Å². The van der Waals surface area contributed by atoms with Gasteiger partial charge in [0, 0.05) is 37.5 Å². The second kappa shape index (κ2) is 5.86. The SMILES string of the molecule is O=c1c2cc(F)ccc2nc2n1CCN(Cc1cccs1)CC2. The Morgan fingerprint density at radius 3 is 2.96 bits per heavy atom. The number of nitrogens with zero attached hydrogens (tertiary/aromatic N) is 3. The minimum Gasteiger partial charge on any atom is -0.296 e. The molecule has 1 aliphatic heterocycles. The first kappa shape index (κ1) is 14.5. The number of halogens is 1. The lowest BCUT2D eigenvalue weighted by molar-refractivity contribution is 0.273. The van der Waals surface area contributed by atoms with Gasteiger partial charge in [-0.2, -0.15) is 0 Å². The normalized spacial score (nSPS) is 15.5. The number of thiophene rings is 1. The Labute approximate surface area is 136 Å². The topological polar surface area (TPSA) is 38.1 Å². The zero-order valence-electron chi connectivity index (χ0n) is 12.5. The molecule has 23 heavy (non-hydrogen) atoms. The molecular formula is C17H16FN3OS. The van der Waals surface area contributed by atoms with Crippen LogP contribution in [0.5, 0.6) is 0 Å². The third-order valence-corrected chi connectivity index (χ3v) is 5.11. The average molecular weight is 329 g/mol. The Morgan fingerprint density at radius 1 is 1.22 bits per heavy atom. The van der Waals surface area contributed by atoms with Crippen molar-refractivity contribution in [3.05, 3.63) is 62.6 Å². The number of rotatable bonds is 2. The van der Waals surface area contributed by atoms with Crippen molar-refractivity contribution in [3.63, 3.8) is 0 Å². The molecule has 0 aliphatic carbocycles. The molecule has 4 rings (SSSR count). The van der Waals surface area contributed by atoms with Gasteiger partial charge in [0.2, 0.25) is 0 Å². The minimum absolute atomic E-state index is 0.137. The number of hydrogen-bond acceptors (Lipinski definition) is 4. The molecule has 3 heterocycles. The Morgan fingerprint density at radius 2 is 2.13 bits per heavy atom. The lowest BCUT2D eigenvalue weighted by Crippen LogP contribution is -2.28. The molecule has 0 bridgehead atoms. The van der Waals surface area contributed by atoms with Gasteiger partial charge in [-0.25, -0.2) is 9.37 Å². The third kappa shape index (κ3) is 2.80. The highest BCUT2D eigenvalue weighted by Crippen LogP contribution is 2.16. The van der Waals surface area contributed by atoms with Gasteiger partial charge in [-0.05, 0) is 29.6 Å². The van der Waals surface area contributed by atoms with Gasteiger partial charge in [0.25, 0.3) is 5.56 Å². The van der Waals surface area contributed by atoms with E-state index >= 15 is 0 Å². The van der Waals surface area contributed by atoms with E-state index in [0.717, 1.165) is 31.9 Å². The van der Waals surface area contributed by atoms with Crippen LogP contribution in [0.15, 0.2) is 40.5 Å². The van der Waals surface area contributed by atoms with Crippen LogP contribution in [0.4, 0.5) is 4.39 Å². The molecular weight excluding hydrogens is 313 g/mol. The maximum Gasteiger partial charge on any atom is 0.261 e. The van der Waals surface area contributed by atoms with Gasteiger partial charge in [0.15, 0.2) is 0 Å². The summed E-state index contributed by atoms with van der Waals surface area (Å²) in [5.41, 5.74) is 0.442. The van der Waals surface area contributed by atoms with E-state index in [0.29, 0.717) is 17.4 Å². The van der Waals surface area contributed by atoms with Crippen molar-refractivity contribution < 1.29 is 4.39 Å². The Hall–Kier alpha value is -2.05. The second-order valence-electron chi connectivity index (χ2n) is 5.75. The van der Waals surface area contributed by atoms with E-state index in [9.17, 15) is 9.18 Å². The summed E-state index contributed by atoms with van der Waals surface area (Å²) in [7, 11) is 0. The average Bonchev–Trinajstić information content (AvgIpc) is 2.97. The fourth-order valence-corrected chi connectivity index (χ4v) is 3.80. The molecule has 0 unspecified atom stereocenters. The van der Waals surface area contributed by atoms with Crippen molar-refractivity contribution in [2.75, 3.05) is 13.1 Å². The molecule has 1 aliphatic rings. The maximum absolute atomic E-state index is 13.4. The molecule has 4 nitrogen and oxygen atoms in total. The Balaban J connectivity index is 1.67. The Bertz CT molecular complexity index is 904. The van der Waals surface area contributed by atoms with Crippen LogP contribution in [0.25, 0.3) is 10.9 Å². The van der Waals surface area contributed by atoms with Crippen molar-refractivity contribution in [3.8, 4) is 0 Å². The first-order chi connectivity index (χ1) is 11.2. The zero-order valence-corrected chi connectivity index (χ0v) is 13.4. The molecule has 3 aromatic rings. The van der Waals surface area contributed by atoms with Crippen LogP contribution in [-0.2, 0) is 19.5 Å². The van der Waals surface area contributed by atoms with Crippen molar-refractivity contribution in [2.45, 2.75) is 19.5 Å². The van der Waals surface area contributed by atoms with E-state index in [2.05, 4.69) is 27.4 Å². The van der Waals surface area contributed by atoms with Gasteiger partial charge in [-0.15, -0.1) is 11.3 Å². The second-order valence-corrected chi connectivity index (χ2v) is 6.78. The summed E-state index contributed by atoms with van der Waals surface area (Å²) in [5.74, 6) is 0.396. The molecule has 0 spiro atoms. The predicted molar refractivity (Wildman–Crippen MR) is 89.3 cm³/mol. The largest absolute Gasteiger partial charge is 0.296 e. The standard InChI is InChI=1S/C17H16FN3OS/c18-12-3-4-15-14(10-12)17(22)21-8-7-20(6-5-16(21)19-15)11-13-2-1-9-23-13/h1-4,9-10H,5-8,11H2.